The molecule has 0 atom stereocenters. The second-order valence-electron chi connectivity index (χ2n) is 4.52. The van der Waals surface area contributed by atoms with Crippen LogP contribution in [-0.2, 0) is 6.18 Å². The molecule has 1 N–H and O–H groups in total. The standard InChI is InChI=1S/C15H9F3N2O/c16-15(17,18)10-5-3-9(4-6-10)12-8-13-11(14(21)20-12)2-1-7-19-13/h1-8H,(H,20,21). The third kappa shape index (κ3) is 2.52. The molecule has 0 fully saturated rings. The number of alkyl halides is 3. The Kier molecular flexibility index (Phi) is 3.01. The highest BCUT2D eigenvalue weighted by molar-refractivity contribution is 5.81. The monoisotopic (exact) mass is 290 g/mol. The molecule has 0 saturated carbocycles. The number of H-pyrrole nitrogens is 1. The van der Waals surface area contributed by atoms with E-state index in [1.54, 1.807) is 24.4 Å². The van der Waals surface area contributed by atoms with E-state index >= 15 is 0 Å². The highest BCUT2D eigenvalue weighted by Gasteiger charge is 2.29. The molecule has 3 nitrogen and oxygen atoms in total. The largest absolute Gasteiger partial charge is 0.416 e. The number of nitrogens with one attached hydrogen (secondary N) is 1. The zero-order valence-electron chi connectivity index (χ0n) is 10.6. The molecule has 106 valence electrons. The van der Waals surface area contributed by atoms with Gasteiger partial charge in [-0.15, -0.1) is 0 Å². The number of rotatable bonds is 1. The molecule has 3 rings (SSSR count). The summed E-state index contributed by atoms with van der Waals surface area (Å²) in [6.45, 7) is 0. The summed E-state index contributed by atoms with van der Waals surface area (Å²) in [6, 6.07) is 9.53. The maximum absolute atomic E-state index is 12.5. The quantitative estimate of drug-likeness (QED) is 0.744. The van der Waals surface area contributed by atoms with Crippen LogP contribution in [0.4, 0.5) is 13.2 Å². The van der Waals surface area contributed by atoms with E-state index in [9.17, 15) is 18.0 Å². The average molecular weight is 290 g/mol. The van der Waals surface area contributed by atoms with E-state index < -0.39 is 11.7 Å². The summed E-state index contributed by atoms with van der Waals surface area (Å²) >= 11 is 0. The Labute approximate surface area is 117 Å². The van der Waals surface area contributed by atoms with Crippen LogP contribution in [0.25, 0.3) is 22.2 Å². The normalized spacial score (nSPS) is 11.8. The highest BCUT2D eigenvalue weighted by atomic mass is 19.4. The van der Waals surface area contributed by atoms with Crippen molar-refractivity contribution < 1.29 is 13.2 Å². The SMILES string of the molecule is O=c1[nH]c(-c2ccc(C(F)(F)F)cc2)cc2ncccc12. The number of hydrogen-bond donors (Lipinski definition) is 1. The van der Waals surface area contributed by atoms with Crippen molar-refractivity contribution in [1.29, 1.82) is 0 Å². The van der Waals surface area contributed by atoms with E-state index in [1.807, 2.05) is 0 Å². The van der Waals surface area contributed by atoms with Crippen LogP contribution in [0, 0.1) is 0 Å². The molecule has 2 aromatic heterocycles. The lowest BCUT2D eigenvalue weighted by molar-refractivity contribution is -0.137. The van der Waals surface area contributed by atoms with Gasteiger partial charge in [-0.1, -0.05) is 12.1 Å². The molecule has 0 aliphatic rings. The number of halogens is 3. The van der Waals surface area contributed by atoms with Gasteiger partial charge in [0.25, 0.3) is 5.56 Å². The first-order chi connectivity index (χ1) is 9.95. The Bertz CT molecular complexity index is 851. The molecule has 1 aromatic carbocycles. The van der Waals surface area contributed by atoms with Crippen LogP contribution in [0.5, 0.6) is 0 Å². The number of benzene rings is 1. The van der Waals surface area contributed by atoms with Crippen LogP contribution in [0.3, 0.4) is 0 Å². The van der Waals surface area contributed by atoms with Gasteiger partial charge >= 0.3 is 6.18 Å². The predicted molar refractivity (Wildman–Crippen MR) is 72.8 cm³/mol. The molecule has 0 aliphatic heterocycles. The van der Waals surface area contributed by atoms with Gasteiger partial charge in [-0.3, -0.25) is 9.78 Å². The number of pyridine rings is 2. The molecule has 0 aliphatic carbocycles. The first-order valence-corrected chi connectivity index (χ1v) is 6.11. The van der Waals surface area contributed by atoms with Crippen LogP contribution in [0.1, 0.15) is 5.56 Å². The van der Waals surface area contributed by atoms with E-state index in [1.165, 1.54) is 12.1 Å². The Morgan fingerprint density at radius 3 is 2.43 bits per heavy atom. The fraction of sp³-hybridized carbons (Fsp3) is 0.0667. The average Bonchev–Trinajstić information content (AvgIpc) is 2.46. The van der Waals surface area contributed by atoms with Gasteiger partial charge in [0.15, 0.2) is 0 Å². The van der Waals surface area contributed by atoms with Crippen molar-refractivity contribution in [1.82, 2.24) is 9.97 Å². The number of fused-ring (bicyclic) bond motifs is 1. The van der Waals surface area contributed by atoms with Crippen molar-refractivity contribution in [3.8, 4) is 11.3 Å². The number of hydrogen-bond acceptors (Lipinski definition) is 2. The van der Waals surface area contributed by atoms with Crippen molar-refractivity contribution in [2.24, 2.45) is 0 Å². The molecular formula is C15H9F3N2O. The third-order valence-corrected chi connectivity index (χ3v) is 3.14. The van der Waals surface area contributed by atoms with Crippen LogP contribution in [0.15, 0.2) is 53.5 Å². The summed E-state index contributed by atoms with van der Waals surface area (Å²) in [5.74, 6) is 0. The molecular weight excluding hydrogens is 281 g/mol. The van der Waals surface area contributed by atoms with Gasteiger partial charge in [-0.05, 0) is 35.9 Å². The van der Waals surface area contributed by atoms with Crippen LogP contribution in [0.2, 0.25) is 0 Å². The van der Waals surface area contributed by atoms with E-state index in [0.29, 0.717) is 22.2 Å². The molecule has 0 bridgehead atoms. The summed E-state index contributed by atoms with van der Waals surface area (Å²) in [7, 11) is 0. The van der Waals surface area contributed by atoms with Gasteiger partial charge in [-0.2, -0.15) is 13.2 Å². The molecule has 0 amide bonds. The fourth-order valence-electron chi connectivity index (χ4n) is 2.08. The topological polar surface area (TPSA) is 45.8 Å². The Morgan fingerprint density at radius 1 is 1.05 bits per heavy atom. The Morgan fingerprint density at radius 2 is 1.76 bits per heavy atom. The first kappa shape index (κ1) is 13.4. The summed E-state index contributed by atoms with van der Waals surface area (Å²) in [4.78, 5) is 18.7. The van der Waals surface area contributed by atoms with Crippen molar-refractivity contribution in [3.05, 3.63) is 64.6 Å². The van der Waals surface area contributed by atoms with Crippen molar-refractivity contribution in [3.63, 3.8) is 0 Å². The fourth-order valence-corrected chi connectivity index (χ4v) is 2.08. The zero-order chi connectivity index (χ0) is 15.0. The van der Waals surface area contributed by atoms with Crippen molar-refractivity contribution in [2.45, 2.75) is 6.18 Å². The van der Waals surface area contributed by atoms with Crippen LogP contribution >= 0.6 is 0 Å². The smallest absolute Gasteiger partial charge is 0.321 e. The summed E-state index contributed by atoms with van der Waals surface area (Å²) < 4.78 is 37.6. The summed E-state index contributed by atoms with van der Waals surface area (Å²) in [6.07, 6.45) is -2.82. The van der Waals surface area contributed by atoms with Gasteiger partial charge in [0, 0.05) is 6.20 Å². The van der Waals surface area contributed by atoms with Crippen LogP contribution in [-0.4, -0.2) is 9.97 Å². The zero-order valence-corrected chi connectivity index (χ0v) is 10.6. The van der Waals surface area contributed by atoms with Gasteiger partial charge < -0.3 is 4.98 Å². The van der Waals surface area contributed by atoms with E-state index in [0.717, 1.165) is 12.1 Å². The third-order valence-electron chi connectivity index (χ3n) is 3.14. The molecule has 0 spiro atoms. The molecule has 0 saturated heterocycles. The Hall–Kier alpha value is -2.63. The lowest BCUT2D eigenvalue weighted by Crippen LogP contribution is -2.08. The minimum Gasteiger partial charge on any atom is -0.321 e. The van der Waals surface area contributed by atoms with Gasteiger partial charge in [0.2, 0.25) is 0 Å². The van der Waals surface area contributed by atoms with Gasteiger partial charge in [0.05, 0.1) is 22.2 Å². The van der Waals surface area contributed by atoms with Gasteiger partial charge in [0.1, 0.15) is 0 Å². The lowest BCUT2D eigenvalue weighted by Gasteiger charge is -2.08. The van der Waals surface area contributed by atoms with Crippen molar-refractivity contribution >= 4 is 10.9 Å². The maximum atomic E-state index is 12.5. The maximum Gasteiger partial charge on any atom is 0.416 e. The molecule has 0 radical (unpaired) electrons. The molecule has 21 heavy (non-hydrogen) atoms. The van der Waals surface area contributed by atoms with Crippen molar-refractivity contribution in [2.75, 3.05) is 0 Å². The highest BCUT2D eigenvalue weighted by Crippen LogP contribution is 2.30. The number of nitrogens with zero attached hydrogens (tertiary/aromatic N) is 1. The second-order valence-corrected chi connectivity index (χ2v) is 4.52. The first-order valence-electron chi connectivity index (χ1n) is 6.11. The summed E-state index contributed by atoms with van der Waals surface area (Å²) in [5, 5.41) is 0.438. The van der Waals surface area contributed by atoms with E-state index in [4.69, 9.17) is 0 Å². The van der Waals surface area contributed by atoms with Gasteiger partial charge in [-0.25, -0.2) is 0 Å². The Balaban J connectivity index is 2.10. The number of aromatic amines is 1. The second kappa shape index (κ2) is 4.73. The predicted octanol–water partition coefficient (Wildman–Crippen LogP) is 3.61. The number of aromatic nitrogens is 2. The van der Waals surface area contributed by atoms with E-state index in [2.05, 4.69) is 9.97 Å². The minimum atomic E-state index is -4.38. The minimum absolute atomic E-state index is 0.324. The molecule has 3 aromatic rings. The summed E-state index contributed by atoms with van der Waals surface area (Å²) in [5.41, 5.74) is 0.367. The molecule has 6 heteroatoms. The lowest BCUT2D eigenvalue weighted by atomic mass is 10.1. The van der Waals surface area contributed by atoms with Crippen LogP contribution < -0.4 is 5.56 Å². The molecule has 0 unspecified atom stereocenters. The molecule has 2 heterocycles. The van der Waals surface area contributed by atoms with E-state index in [-0.39, 0.29) is 5.56 Å².